The van der Waals surface area contributed by atoms with Gasteiger partial charge in [0.05, 0.1) is 6.54 Å². The maximum absolute atomic E-state index is 5.97. The minimum atomic E-state index is 0.253. The number of benzene rings is 1. The first-order valence-corrected chi connectivity index (χ1v) is 10.3. The number of hydrogen-bond acceptors (Lipinski definition) is 7. The molecule has 140 valence electrons. The lowest BCUT2D eigenvalue weighted by Crippen LogP contribution is -2.26. The average Bonchev–Trinajstić information content (AvgIpc) is 3.38. The maximum atomic E-state index is 5.97. The summed E-state index contributed by atoms with van der Waals surface area (Å²) in [5.41, 5.74) is 9.53. The highest BCUT2D eigenvalue weighted by atomic mass is 32.1. The van der Waals surface area contributed by atoms with Crippen LogP contribution in [0.2, 0.25) is 0 Å². The second-order valence-corrected chi connectivity index (χ2v) is 7.62. The van der Waals surface area contributed by atoms with Gasteiger partial charge in [-0.1, -0.05) is 25.1 Å². The summed E-state index contributed by atoms with van der Waals surface area (Å²) in [6.07, 6.45) is 3.41. The van der Waals surface area contributed by atoms with Crippen molar-refractivity contribution in [2.45, 2.75) is 45.3 Å². The van der Waals surface area contributed by atoms with Crippen LogP contribution in [0.15, 0.2) is 41.1 Å². The van der Waals surface area contributed by atoms with Crippen molar-refractivity contribution in [3.8, 4) is 0 Å². The molecular weight excluding hydrogens is 356 g/mol. The number of aryl methyl sites for hydroxylation is 1. The molecule has 1 aliphatic rings. The van der Waals surface area contributed by atoms with E-state index < -0.39 is 0 Å². The predicted molar refractivity (Wildman–Crippen MR) is 110 cm³/mol. The third kappa shape index (κ3) is 4.61. The molecule has 1 aromatic carbocycles. The van der Waals surface area contributed by atoms with Gasteiger partial charge in [0.25, 0.3) is 0 Å². The molecule has 0 atom stereocenters. The Hall–Kier alpha value is -2.51. The Bertz CT molecular complexity index is 891. The number of nitrogens with one attached hydrogen (secondary N) is 1. The van der Waals surface area contributed by atoms with Gasteiger partial charge in [-0.25, -0.2) is 0 Å². The van der Waals surface area contributed by atoms with E-state index >= 15 is 0 Å². The summed E-state index contributed by atoms with van der Waals surface area (Å²) in [6, 6.07) is 11.0. The molecule has 4 rings (SSSR count). The first-order chi connectivity index (χ1) is 13.2. The molecule has 3 N–H and O–H groups in total. The van der Waals surface area contributed by atoms with Crippen LogP contribution < -0.4 is 11.1 Å². The molecule has 3 aromatic rings. The third-order valence-corrected chi connectivity index (χ3v) is 5.45. The van der Waals surface area contributed by atoms with E-state index in [0.29, 0.717) is 24.4 Å². The molecule has 1 aliphatic carbocycles. The van der Waals surface area contributed by atoms with E-state index in [1.165, 1.54) is 24.0 Å². The number of nitrogen functional groups attached to an aromatic ring is 1. The van der Waals surface area contributed by atoms with Crippen molar-refractivity contribution in [1.82, 2.24) is 19.9 Å². The van der Waals surface area contributed by atoms with Crippen LogP contribution in [0.3, 0.4) is 0 Å². The highest BCUT2D eigenvalue weighted by Crippen LogP contribution is 2.30. The second-order valence-electron chi connectivity index (χ2n) is 6.84. The van der Waals surface area contributed by atoms with E-state index in [0.717, 1.165) is 18.7 Å². The van der Waals surface area contributed by atoms with Crippen molar-refractivity contribution in [2.24, 2.45) is 0 Å². The summed E-state index contributed by atoms with van der Waals surface area (Å²) < 4.78 is 0. The van der Waals surface area contributed by atoms with Gasteiger partial charge in [-0.05, 0) is 53.3 Å². The van der Waals surface area contributed by atoms with Crippen LogP contribution in [0.25, 0.3) is 0 Å². The zero-order chi connectivity index (χ0) is 18.6. The molecule has 0 bridgehead atoms. The summed E-state index contributed by atoms with van der Waals surface area (Å²) in [7, 11) is 0. The van der Waals surface area contributed by atoms with Crippen molar-refractivity contribution >= 4 is 28.9 Å². The minimum absolute atomic E-state index is 0.253. The molecule has 0 radical (unpaired) electrons. The topological polar surface area (TPSA) is 80.0 Å². The van der Waals surface area contributed by atoms with Crippen LogP contribution in [-0.2, 0) is 19.5 Å². The minimum Gasteiger partial charge on any atom is -0.368 e. The van der Waals surface area contributed by atoms with E-state index in [1.54, 1.807) is 11.3 Å². The van der Waals surface area contributed by atoms with Gasteiger partial charge in [-0.3, -0.25) is 4.90 Å². The molecule has 1 saturated carbocycles. The lowest BCUT2D eigenvalue weighted by molar-refractivity contribution is 0.240. The van der Waals surface area contributed by atoms with Crippen LogP contribution in [0.5, 0.6) is 0 Å². The molecule has 27 heavy (non-hydrogen) atoms. The average molecular weight is 381 g/mol. The summed E-state index contributed by atoms with van der Waals surface area (Å²) in [6.45, 7) is 3.73. The third-order valence-electron chi connectivity index (χ3n) is 4.72. The first-order valence-electron chi connectivity index (χ1n) is 9.31. The van der Waals surface area contributed by atoms with E-state index in [1.807, 2.05) is 18.2 Å². The summed E-state index contributed by atoms with van der Waals surface area (Å²) in [5, 5.41) is 7.63. The van der Waals surface area contributed by atoms with Crippen LogP contribution in [0.4, 0.5) is 17.6 Å². The largest absolute Gasteiger partial charge is 0.368 e. The summed E-state index contributed by atoms with van der Waals surface area (Å²) in [4.78, 5) is 15.7. The first kappa shape index (κ1) is 17.9. The van der Waals surface area contributed by atoms with Gasteiger partial charge in [0.15, 0.2) is 0 Å². The number of nitrogens with zero attached hydrogens (tertiary/aromatic N) is 4. The summed E-state index contributed by atoms with van der Waals surface area (Å²) >= 11 is 1.73. The van der Waals surface area contributed by atoms with Crippen LogP contribution in [0, 0.1) is 0 Å². The van der Waals surface area contributed by atoms with E-state index in [2.05, 4.69) is 55.0 Å². The van der Waals surface area contributed by atoms with Crippen molar-refractivity contribution in [3.05, 3.63) is 58.0 Å². The highest BCUT2D eigenvalue weighted by Gasteiger charge is 2.29. The number of nitrogens with two attached hydrogens (primary N) is 1. The predicted octanol–water partition coefficient (Wildman–Crippen LogP) is 3.99. The highest BCUT2D eigenvalue weighted by molar-refractivity contribution is 7.07. The smallest absolute Gasteiger partial charge is 0.232 e. The summed E-state index contributed by atoms with van der Waals surface area (Å²) in [5.74, 6) is 1.47. The van der Waals surface area contributed by atoms with E-state index in [9.17, 15) is 0 Å². The molecule has 1 fully saturated rings. The standard InChI is InChI=1S/C20H24N6S/c1-2-15-5-3-4-6-17(15)22-20-24-18(23-19(21)25-20)12-26(16-7-8-16)11-14-9-10-27-13-14/h3-6,9-10,13,16H,2,7-8,11-12H2,1H3,(H3,21,22,23,24,25). The van der Waals surface area contributed by atoms with Crippen molar-refractivity contribution < 1.29 is 0 Å². The van der Waals surface area contributed by atoms with E-state index in [4.69, 9.17) is 5.73 Å². The molecule has 2 aromatic heterocycles. The number of aromatic nitrogens is 3. The zero-order valence-electron chi connectivity index (χ0n) is 15.4. The monoisotopic (exact) mass is 380 g/mol. The normalized spacial score (nSPS) is 13.9. The Kier molecular flexibility index (Phi) is 5.31. The Morgan fingerprint density at radius 1 is 1.15 bits per heavy atom. The Labute approximate surface area is 163 Å². The van der Waals surface area contributed by atoms with Gasteiger partial charge in [0.1, 0.15) is 5.82 Å². The van der Waals surface area contributed by atoms with Crippen molar-refractivity contribution in [1.29, 1.82) is 0 Å². The molecular formula is C20H24N6S. The number of thiophene rings is 1. The number of rotatable bonds is 8. The molecule has 0 spiro atoms. The van der Waals surface area contributed by atoms with Gasteiger partial charge in [0, 0.05) is 18.3 Å². The number of para-hydroxylation sites is 1. The number of hydrogen-bond donors (Lipinski definition) is 2. The number of anilines is 3. The lowest BCUT2D eigenvalue weighted by Gasteiger charge is -2.21. The zero-order valence-corrected chi connectivity index (χ0v) is 16.2. The molecule has 2 heterocycles. The van der Waals surface area contributed by atoms with Crippen molar-refractivity contribution in [3.63, 3.8) is 0 Å². The van der Waals surface area contributed by atoms with Gasteiger partial charge >= 0.3 is 0 Å². The Balaban J connectivity index is 1.52. The molecule has 0 saturated heterocycles. The molecule has 0 aliphatic heterocycles. The Morgan fingerprint density at radius 3 is 2.74 bits per heavy atom. The fraction of sp³-hybridized carbons (Fsp3) is 0.350. The fourth-order valence-electron chi connectivity index (χ4n) is 3.19. The molecule has 6 nitrogen and oxygen atoms in total. The van der Waals surface area contributed by atoms with Gasteiger partial charge in [-0.2, -0.15) is 26.3 Å². The quantitative estimate of drug-likeness (QED) is 0.615. The maximum Gasteiger partial charge on any atom is 0.232 e. The van der Waals surface area contributed by atoms with E-state index in [-0.39, 0.29) is 5.95 Å². The second kappa shape index (κ2) is 8.02. The van der Waals surface area contributed by atoms with Gasteiger partial charge in [-0.15, -0.1) is 0 Å². The SMILES string of the molecule is CCc1ccccc1Nc1nc(N)nc(CN(Cc2ccsc2)C2CC2)n1. The van der Waals surface area contributed by atoms with Gasteiger partial charge in [0.2, 0.25) is 11.9 Å². The fourth-order valence-corrected chi connectivity index (χ4v) is 3.85. The van der Waals surface area contributed by atoms with Gasteiger partial charge < -0.3 is 11.1 Å². The lowest BCUT2D eigenvalue weighted by atomic mass is 10.1. The molecule has 0 unspecified atom stereocenters. The van der Waals surface area contributed by atoms with Crippen LogP contribution in [0.1, 0.15) is 36.7 Å². The van der Waals surface area contributed by atoms with Crippen LogP contribution >= 0.6 is 11.3 Å². The molecule has 0 amide bonds. The van der Waals surface area contributed by atoms with Crippen molar-refractivity contribution in [2.75, 3.05) is 11.1 Å². The Morgan fingerprint density at radius 2 is 2.00 bits per heavy atom. The molecule has 7 heteroatoms. The van der Waals surface area contributed by atoms with Crippen LogP contribution in [-0.4, -0.2) is 25.9 Å².